The first-order valence-corrected chi connectivity index (χ1v) is 10.9. The molecule has 4 fully saturated rings. The molecule has 3 saturated carbocycles. The van der Waals surface area contributed by atoms with E-state index < -0.39 is 0 Å². The predicted molar refractivity (Wildman–Crippen MR) is 99.3 cm³/mol. The fourth-order valence-electron chi connectivity index (χ4n) is 5.22. The summed E-state index contributed by atoms with van der Waals surface area (Å²) in [6, 6.07) is 2.52. The Morgan fingerprint density at radius 3 is 1.79 bits per heavy atom. The van der Waals surface area contributed by atoms with Gasteiger partial charge in [-0.15, -0.1) is 0 Å². The van der Waals surface area contributed by atoms with Gasteiger partial charge in [0.15, 0.2) is 0 Å². The van der Waals surface area contributed by atoms with Gasteiger partial charge < -0.3 is 15.0 Å². The van der Waals surface area contributed by atoms with Crippen LogP contribution in [-0.4, -0.2) is 49.3 Å². The molecule has 0 spiro atoms. The van der Waals surface area contributed by atoms with Crippen LogP contribution >= 0.6 is 0 Å². The Bertz CT molecular complexity index is 362. The van der Waals surface area contributed by atoms with Gasteiger partial charge in [0.05, 0.1) is 0 Å². The highest BCUT2D eigenvalue weighted by Gasteiger charge is 2.30. The standard InChI is InChI=1S/C21H38N2O/c1-2-4-19(3-1)22-20-11-13-23(14-12-20)21-9-7-18(8-10-21)16-24-15-17-5-6-17/h17-22H,1-16H2. The fourth-order valence-corrected chi connectivity index (χ4v) is 5.22. The number of likely N-dealkylation sites (tertiary alicyclic amines) is 1. The molecule has 1 heterocycles. The van der Waals surface area contributed by atoms with Crippen LogP contribution in [0.2, 0.25) is 0 Å². The van der Waals surface area contributed by atoms with E-state index in [2.05, 4.69) is 10.2 Å². The van der Waals surface area contributed by atoms with E-state index in [1.165, 1.54) is 90.1 Å². The minimum absolute atomic E-state index is 0.802. The molecule has 3 heteroatoms. The third-order valence-corrected chi connectivity index (χ3v) is 7.09. The second-order valence-corrected chi connectivity index (χ2v) is 9.11. The molecule has 1 aliphatic heterocycles. The third kappa shape index (κ3) is 4.95. The molecule has 0 bridgehead atoms. The van der Waals surface area contributed by atoms with Crippen molar-refractivity contribution in [3.8, 4) is 0 Å². The van der Waals surface area contributed by atoms with Gasteiger partial charge in [0.2, 0.25) is 0 Å². The smallest absolute Gasteiger partial charge is 0.0494 e. The molecule has 0 aromatic rings. The van der Waals surface area contributed by atoms with Crippen molar-refractivity contribution < 1.29 is 4.74 Å². The molecule has 3 aliphatic carbocycles. The second-order valence-electron chi connectivity index (χ2n) is 9.11. The Morgan fingerprint density at radius 2 is 1.21 bits per heavy atom. The average Bonchev–Trinajstić information content (AvgIpc) is 3.31. The van der Waals surface area contributed by atoms with Crippen LogP contribution in [-0.2, 0) is 4.74 Å². The summed E-state index contributed by atoms with van der Waals surface area (Å²) in [5, 5.41) is 3.94. The lowest BCUT2D eigenvalue weighted by atomic mass is 9.85. The van der Waals surface area contributed by atoms with Crippen molar-refractivity contribution in [3.05, 3.63) is 0 Å². The second kappa shape index (κ2) is 8.51. The molecule has 1 saturated heterocycles. The maximum absolute atomic E-state index is 5.93. The Morgan fingerprint density at radius 1 is 0.667 bits per heavy atom. The third-order valence-electron chi connectivity index (χ3n) is 7.09. The molecule has 3 nitrogen and oxygen atoms in total. The highest BCUT2D eigenvalue weighted by Crippen LogP contribution is 2.32. The summed E-state index contributed by atoms with van der Waals surface area (Å²) >= 11 is 0. The fraction of sp³-hybridized carbons (Fsp3) is 1.00. The lowest BCUT2D eigenvalue weighted by Gasteiger charge is -2.41. The Hall–Kier alpha value is -0.120. The Balaban J connectivity index is 1.10. The first-order chi connectivity index (χ1) is 11.9. The predicted octanol–water partition coefficient (Wildman–Crippen LogP) is 3.97. The SMILES string of the molecule is C1CCC(NC2CCN(C3CCC(COCC4CC4)CC3)CC2)C1. The van der Waals surface area contributed by atoms with Gasteiger partial charge in [-0.3, -0.25) is 0 Å². The Labute approximate surface area is 148 Å². The monoisotopic (exact) mass is 334 g/mol. The molecular formula is C21H38N2O. The van der Waals surface area contributed by atoms with Crippen molar-refractivity contribution in [2.45, 2.75) is 95.2 Å². The molecule has 0 amide bonds. The van der Waals surface area contributed by atoms with Crippen LogP contribution in [0.5, 0.6) is 0 Å². The number of rotatable bonds is 7. The Kier molecular flexibility index (Phi) is 6.13. The topological polar surface area (TPSA) is 24.5 Å². The minimum atomic E-state index is 0.802. The zero-order valence-corrected chi connectivity index (χ0v) is 15.6. The van der Waals surface area contributed by atoms with E-state index in [0.29, 0.717) is 0 Å². The highest BCUT2D eigenvalue weighted by atomic mass is 16.5. The summed E-state index contributed by atoms with van der Waals surface area (Å²) < 4.78 is 5.93. The molecule has 138 valence electrons. The summed E-state index contributed by atoms with van der Waals surface area (Å²) in [5.74, 6) is 1.77. The van der Waals surface area contributed by atoms with Crippen molar-refractivity contribution in [2.75, 3.05) is 26.3 Å². The maximum atomic E-state index is 5.93. The lowest BCUT2D eigenvalue weighted by Crippen LogP contribution is -2.49. The number of hydrogen-bond donors (Lipinski definition) is 1. The molecule has 1 N–H and O–H groups in total. The minimum Gasteiger partial charge on any atom is -0.381 e. The van der Waals surface area contributed by atoms with E-state index in [1.54, 1.807) is 0 Å². The van der Waals surface area contributed by atoms with Crippen LogP contribution in [0.25, 0.3) is 0 Å². The van der Waals surface area contributed by atoms with Crippen molar-refractivity contribution in [1.29, 1.82) is 0 Å². The van der Waals surface area contributed by atoms with Gasteiger partial charge in [-0.25, -0.2) is 0 Å². The molecule has 24 heavy (non-hydrogen) atoms. The van der Waals surface area contributed by atoms with E-state index in [1.807, 2.05) is 0 Å². The van der Waals surface area contributed by atoms with Crippen LogP contribution in [0.15, 0.2) is 0 Å². The first kappa shape index (κ1) is 17.3. The van der Waals surface area contributed by atoms with Crippen molar-refractivity contribution in [1.82, 2.24) is 10.2 Å². The van der Waals surface area contributed by atoms with Crippen LogP contribution in [0.3, 0.4) is 0 Å². The largest absolute Gasteiger partial charge is 0.381 e. The van der Waals surface area contributed by atoms with Gasteiger partial charge in [-0.2, -0.15) is 0 Å². The van der Waals surface area contributed by atoms with Gasteiger partial charge in [-0.05, 0) is 89.1 Å². The molecule has 0 aromatic heterocycles. The normalized spacial score (nSPS) is 34.0. The number of nitrogens with one attached hydrogen (secondary N) is 1. The van der Waals surface area contributed by atoms with Crippen molar-refractivity contribution in [2.24, 2.45) is 11.8 Å². The van der Waals surface area contributed by atoms with Gasteiger partial charge >= 0.3 is 0 Å². The highest BCUT2D eigenvalue weighted by molar-refractivity contribution is 4.87. The van der Waals surface area contributed by atoms with Crippen molar-refractivity contribution in [3.63, 3.8) is 0 Å². The maximum Gasteiger partial charge on any atom is 0.0494 e. The van der Waals surface area contributed by atoms with E-state index in [0.717, 1.165) is 43.2 Å². The molecule has 0 unspecified atom stereocenters. The van der Waals surface area contributed by atoms with E-state index in [4.69, 9.17) is 4.74 Å². The molecule has 0 aromatic carbocycles. The van der Waals surface area contributed by atoms with Crippen LogP contribution in [0, 0.1) is 11.8 Å². The van der Waals surface area contributed by atoms with Crippen LogP contribution in [0.1, 0.15) is 77.0 Å². The molecule has 4 aliphatic rings. The van der Waals surface area contributed by atoms with E-state index in [9.17, 15) is 0 Å². The lowest BCUT2D eigenvalue weighted by molar-refractivity contribution is 0.0510. The van der Waals surface area contributed by atoms with Gasteiger partial charge in [-0.1, -0.05) is 12.8 Å². The number of hydrogen-bond acceptors (Lipinski definition) is 3. The van der Waals surface area contributed by atoms with Crippen LogP contribution in [0.4, 0.5) is 0 Å². The average molecular weight is 335 g/mol. The van der Waals surface area contributed by atoms with Gasteiger partial charge in [0.1, 0.15) is 0 Å². The molecular weight excluding hydrogens is 296 g/mol. The molecule has 0 atom stereocenters. The number of ether oxygens (including phenoxy) is 1. The summed E-state index contributed by atoms with van der Waals surface area (Å²) in [6.45, 7) is 4.74. The summed E-state index contributed by atoms with van der Waals surface area (Å²) in [6.07, 6.45) is 17.0. The van der Waals surface area contributed by atoms with E-state index in [-0.39, 0.29) is 0 Å². The van der Waals surface area contributed by atoms with Crippen molar-refractivity contribution >= 4 is 0 Å². The summed E-state index contributed by atoms with van der Waals surface area (Å²) in [7, 11) is 0. The molecule has 0 radical (unpaired) electrons. The zero-order valence-electron chi connectivity index (χ0n) is 15.6. The number of nitrogens with zero attached hydrogens (tertiary/aromatic N) is 1. The number of piperidine rings is 1. The van der Waals surface area contributed by atoms with E-state index >= 15 is 0 Å². The van der Waals surface area contributed by atoms with Crippen LogP contribution < -0.4 is 5.32 Å². The van der Waals surface area contributed by atoms with Gasteiger partial charge in [0.25, 0.3) is 0 Å². The first-order valence-electron chi connectivity index (χ1n) is 10.9. The summed E-state index contributed by atoms with van der Waals surface area (Å²) in [4.78, 5) is 2.81. The summed E-state index contributed by atoms with van der Waals surface area (Å²) in [5.41, 5.74) is 0. The quantitative estimate of drug-likeness (QED) is 0.762. The zero-order chi connectivity index (χ0) is 16.2. The molecule has 4 rings (SSSR count). The van der Waals surface area contributed by atoms with Gasteiger partial charge in [0, 0.05) is 31.3 Å².